The van der Waals surface area contributed by atoms with Crippen molar-refractivity contribution < 1.29 is 27.0 Å². The molecule has 0 aliphatic carbocycles. The van der Waals surface area contributed by atoms with Crippen LogP contribution in [0.5, 0.6) is 0 Å². The van der Waals surface area contributed by atoms with E-state index >= 15 is 0 Å². The molecule has 0 spiro atoms. The molecular weight excluding hydrogens is 360 g/mol. The third-order valence-corrected chi connectivity index (χ3v) is 4.47. The van der Waals surface area contributed by atoms with Gasteiger partial charge >= 0.3 is 5.97 Å². The number of ether oxygens (including phenoxy) is 1. The Balaban J connectivity index is 2.31. The Morgan fingerprint density at radius 1 is 1.31 bits per heavy atom. The molecule has 0 saturated carbocycles. The molecule has 0 aromatic heterocycles. The van der Waals surface area contributed by atoms with Gasteiger partial charge < -0.3 is 9.64 Å². The average Bonchev–Trinajstić information content (AvgIpc) is 2.92. The monoisotopic (exact) mass is 384 g/mol. The standard InChI is InChI=1S/C17H24N2O6S/c1-4-24-16(20)17(13-25-26(3,21)22)12-19(11-15(17)18-23-2)10-14-8-6-5-7-9-14/h5-9,11,18H,4,10,12-13H2,1-3H3. The van der Waals surface area contributed by atoms with Crippen LogP contribution in [0, 0.1) is 5.41 Å². The highest BCUT2D eigenvalue weighted by Crippen LogP contribution is 2.36. The highest BCUT2D eigenvalue weighted by atomic mass is 32.2. The van der Waals surface area contributed by atoms with Crippen LogP contribution in [0.15, 0.2) is 42.2 Å². The Bertz CT molecular complexity index is 750. The second-order valence-electron chi connectivity index (χ2n) is 6.01. The Morgan fingerprint density at radius 2 is 2.00 bits per heavy atom. The number of benzene rings is 1. The van der Waals surface area contributed by atoms with Crippen LogP contribution in [0.3, 0.4) is 0 Å². The van der Waals surface area contributed by atoms with Crippen molar-refractivity contribution >= 4 is 16.1 Å². The molecule has 0 bridgehead atoms. The van der Waals surface area contributed by atoms with E-state index in [0.29, 0.717) is 12.2 Å². The number of carbonyl (C=O) groups is 1. The Morgan fingerprint density at radius 3 is 2.58 bits per heavy atom. The van der Waals surface area contributed by atoms with Crippen LogP contribution < -0.4 is 5.48 Å². The number of hydroxylamine groups is 1. The van der Waals surface area contributed by atoms with Gasteiger partial charge in [0.2, 0.25) is 0 Å². The van der Waals surface area contributed by atoms with Crippen molar-refractivity contribution in [3.8, 4) is 0 Å². The van der Waals surface area contributed by atoms with Crippen molar-refractivity contribution in [2.24, 2.45) is 5.41 Å². The van der Waals surface area contributed by atoms with Gasteiger partial charge in [-0.2, -0.15) is 8.42 Å². The number of rotatable bonds is 9. The van der Waals surface area contributed by atoms with Gasteiger partial charge in [-0.05, 0) is 12.5 Å². The van der Waals surface area contributed by atoms with Crippen LogP contribution in [-0.4, -0.2) is 52.4 Å². The molecule has 144 valence electrons. The molecule has 0 saturated heterocycles. The van der Waals surface area contributed by atoms with E-state index in [2.05, 4.69) is 5.48 Å². The van der Waals surface area contributed by atoms with Crippen LogP contribution in [0.25, 0.3) is 0 Å². The van der Waals surface area contributed by atoms with Crippen LogP contribution in [0.2, 0.25) is 0 Å². The maximum atomic E-state index is 12.7. The van der Waals surface area contributed by atoms with Gasteiger partial charge in [-0.25, -0.2) is 0 Å². The smallest absolute Gasteiger partial charge is 0.322 e. The first kappa shape index (κ1) is 20.2. The molecule has 1 atom stereocenters. The number of hydrogen-bond acceptors (Lipinski definition) is 8. The highest BCUT2D eigenvalue weighted by Gasteiger charge is 2.50. The molecule has 2 rings (SSSR count). The molecule has 8 nitrogen and oxygen atoms in total. The van der Waals surface area contributed by atoms with E-state index in [-0.39, 0.29) is 19.8 Å². The summed E-state index contributed by atoms with van der Waals surface area (Å²) >= 11 is 0. The second-order valence-corrected chi connectivity index (χ2v) is 7.65. The molecule has 1 aromatic carbocycles. The van der Waals surface area contributed by atoms with E-state index in [4.69, 9.17) is 13.8 Å². The predicted molar refractivity (Wildman–Crippen MR) is 94.9 cm³/mol. The van der Waals surface area contributed by atoms with Crippen molar-refractivity contribution in [3.63, 3.8) is 0 Å². The molecule has 26 heavy (non-hydrogen) atoms. The number of nitrogens with one attached hydrogen (secondary N) is 1. The molecule has 1 aliphatic heterocycles. The first-order valence-electron chi connectivity index (χ1n) is 8.11. The van der Waals surface area contributed by atoms with Crippen molar-refractivity contribution in [1.82, 2.24) is 10.4 Å². The van der Waals surface area contributed by atoms with E-state index < -0.39 is 21.5 Å². The van der Waals surface area contributed by atoms with Crippen LogP contribution in [-0.2, 0) is 35.2 Å². The fourth-order valence-corrected chi connectivity index (χ4v) is 3.19. The van der Waals surface area contributed by atoms with Gasteiger partial charge in [0.15, 0.2) is 5.41 Å². The van der Waals surface area contributed by atoms with Crippen molar-refractivity contribution in [1.29, 1.82) is 0 Å². The van der Waals surface area contributed by atoms with E-state index in [1.54, 1.807) is 13.1 Å². The SMILES string of the molecule is CCOC(=O)C1(COS(C)(=O)=O)CN(Cc2ccccc2)C=C1NOC. The summed E-state index contributed by atoms with van der Waals surface area (Å²) in [5.41, 5.74) is 2.77. The summed E-state index contributed by atoms with van der Waals surface area (Å²) in [5, 5.41) is 0. The van der Waals surface area contributed by atoms with Crippen molar-refractivity contribution in [2.75, 3.05) is 33.1 Å². The molecule has 1 aliphatic rings. The lowest BCUT2D eigenvalue weighted by Gasteiger charge is -2.29. The fraction of sp³-hybridized carbons (Fsp3) is 0.471. The largest absolute Gasteiger partial charge is 0.465 e. The lowest BCUT2D eigenvalue weighted by molar-refractivity contribution is -0.155. The summed E-state index contributed by atoms with van der Waals surface area (Å²) in [7, 11) is -2.32. The summed E-state index contributed by atoms with van der Waals surface area (Å²) < 4.78 is 33.1. The van der Waals surface area contributed by atoms with Gasteiger partial charge in [-0.15, -0.1) is 0 Å². The zero-order valence-corrected chi connectivity index (χ0v) is 15.9. The summed E-state index contributed by atoms with van der Waals surface area (Å²) in [4.78, 5) is 19.6. The van der Waals surface area contributed by atoms with Crippen LogP contribution >= 0.6 is 0 Å². The molecule has 0 fully saturated rings. The summed E-state index contributed by atoms with van der Waals surface area (Å²) in [6.45, 7) is 2.21. The summed E-state index contributed by atoms with van der Waals surface area (Å²) in [6.07, 6.45) is 2.66. The molecule has 1 aromatic rings. The number of esters is 1. The first-order chi connectivity index (χ1) is 12.3. The molecular formula is C17H24N2O6S. The normalized spacial score (nSPS) is 20.0. The minimum atomic E-state index is -3.74. The lowest BCUT2D eigenvalue weighted by atomic mass is 9.87. The predicted octanol–water partition coefficient (Wildman–Crippen LogP) is 1.02. The van der Waals surface area contributed by atoms with Gasteiger partial charge in [0, 0.05) is 19.3 Å². The summed E-state index contributed by atoms with van der Waals surface area (Å²) in [5.74, 6) is -0.574. The molecule has 0 radical (unpaired) electrons. The average molecular weight is 384 g/mol. The van der Waals surface area contributed by atoms with Crippen molar-refractivity contribution in [3.05, 3.63) is 47.8 Å². The summed E-state index contributed by atoms with van der Waals surface area (Å²) in [6, 6.07) is 9.71. The third-order valence-electron chi connectivity index (χ3n) is 3.93. The van der Waals surface area contributed by atoms with Gasteiger partial charge in [0.05, 0.1) is 32.3 Å². The van der Waals surface area contributed by atoms with Gasteiger partial charge in [0.1, 0.15) is 0 Å². The quantitative estimate of drug-likeness (QED) is 0.383. The van der Waals surface area contributed by atoms with Crippen molar-refractivity contribution in [2.45, 2.75) is 13.5 Å². The number of carbonyl (C=O) groups excluding carboxylic acids is 1. The van der Waals surface area contributed by atoms with E-state index in [1.165, 1.54) is 7.11 Å². The first-order valence-corrected chi connectivity index (χ1v) is 9.93. The second kappa shape index (κ2) is 8.52. The van der Waals surface area contributed by atoms with E-state index in [1.807, 2.05) is 35.2 Å². The zero-order valence-electron chi connectivity index (χ0n) is 15.1. The van der Waals surface area contributed by atoms with Gasteiger partial charge in [0.25, 0.3) is 10.1 Å². The highest BCUT2D eigenvalue weighted by molar-refractivity contribution is 7.85. The van der Waals surface area contributed by atoms with Gasteiger partial charge in [-0.1, -0.05) is 30.3 Å². The maximum absolute atomic E-state index is 12.7. The lowest BCUT2D eigenvalue weighted by Crippen LogP contribution is -2.46. The Hall–Kier alpha value is -2.10. The minimum absolute atomic E-state index is 0.165. The zero-order chi connectivity index (χ0) is 19.2. The van der Waals surface area contributed by atoms with E-state index in [0.717, 1.165) is 11.8 Å². The fourth-order valence-electron chi connectivity index (χ4n) is 2.77. The molecule has 9 heteroatoms. The molecule has 1 N–H and O–H groups in total. The molecule has 1 heterocycles. The van der Waals surface area contributed by atoms with Crippen LogP contribution in [0.1, 0.15) is 12.5 Å². The van der Waals surface area contributed by atoms with Crippen LogP contribution in [0.4, 0.5) is 0 Å². The third kappa shape index (κ3) is 4.96. The molecule has 1 unspecified atom stereocenters. The Kier molecular flexibility index (Phi) is 6.63. The number of hydrogen-bond donors (Lipinski definition) is 1. The number of nitrogens with zero attached hydrogens (tertiary/aromatic N) is 1. The Labute approximate surface area is 153 Å². The van der Waals surface area contributed by atoms with Gasteiger partial charge in [-0.3, -0.25) is 19.3 Å². The minimum Gasteiger partial charge on any atom is -0.465 e. The topological polar surface area (TPSA) is 94.2 Å². The molecule has 0 amide bonds. The maximum Gasteiger partial charge on any atom is 0.322 e. The van der Waals surface area contributed by atoms with E-state index in [9.17, 15) is 13.2 Å².